The van der Waals surface area contributed by atoms with Crippen molar-refractivity contribution in [2.75, 3.05) is 52.7 Å². The van der Waals surface area contributed by atoms with Gasteiger partial charge >= 0.3 is 12.1 Å². The van der Waals surface area contributed by atoms with Gasteiger partial charge in [-0.2, -0.15) is 0 Å². The van der Waals surface area contributed by atoms with E-state index in [1.807, 2.05) is 20.8 Å². The molecular weight excluding hydrogens is 340 g/mol. The highest BCUT2D eigenvalue weighted by Crippen LogP contribution is 2.12. The van der Waals surface area contributed by atoms with Crippen LogP contribution in [0.2, 0.25) is 0 Å². The third-order valence-corrected chi connectivity index (χ3v) is 3.76. The van der Waals surface area contributed by atoms with Crippen LogP contribution in [0.5, 0.6) is 0 Å². The highest BCUT2D eigenvalue weighted by atomic mass is 16.6. The van der Waals surface area contributed by atoms with Crippen molar-refractivity contribution in [3.05, 3.63) is 0 Å². The SMILES string of the molecule is CCOC(=O)COCCOCCN1CCC(NC(=O)OC(C)(C)C)CC1. The second kappa shape index (κ2) is 12.1. The summed E-state index contributed by atoms with van der Waals surface area (Å²) in [5.41, 5.74) is -0.470. The van der Waals surface area contributed by atoms with Gasteiger partial charge in [-0.1, -0.05) is 0 Å². The van der Waals surface area contributed by atoms with Crippen LogP contribution in [0.4, 0.5) is 4.79 Å². The van der Waals surface area contributed by atoms with E-state index in [1.54, 1.807) is 6.92 Å². The number of alkyl carbamates (subject to hydrolysis) is 1. The van der Waals surface area contributed by atoms with Crippen LogP contribution in [0.15, 0.2) is 0 Å². The number of esters is 1. The predicted octanol–water partition coefficient (Wildman–Crippen LogP) is 1.57. The van der Waals surface area contributed by atoms with E-state index in [9.17, 15) is 9.59 Å². The number of carbonyl (C=O) groups is 2. The van der Waals surface area contributed by atoms with Gasteiger partial charge in [-0.15, -0.1) is 0 Å². The summed E-state index contributed by atoms with van der Waals surface area (Å²) in [5, 5.41) is 2.93. The van der Waals surface area contributed by atoms with Crippen molar-refractivity contribution < 1.29 is 28.5 Å². The topological polar surface area (TPSA) is 86.3 Å². The van der Waals surface area contributed by atoms with Crippen LogP contribution in [0, 0.1) is 0 Å². The van der Waals surface area contributed by atoms with E-state index < -0.39 is 5.60 Å². The van der Waals surface area contributed by atoms with Crippen LogP contribution < -0.4 is 5.32 Å². The average Bonchev–Trinajstić information content (AvgIpc) is 2.54. The van der Waals surface area contributed by atoms with Crippen LogP contribution in [-0.2, 0) is 23.7 Å². The predicted molar refractivity (Wildman–Crippen MR) is 97.1 cm³/mol. The fraction of sp³-hybridized carbons (Fsp3) is 0.889. The Morgan fingerprint density at radius 1 is 1.08 bits per heavy atom. The van der Waals surface area contributed by atoms with Crippen molar-refractivity contribution in [1.82, 2.24) is 10.2 Å². The molecule has 0 spiro atoms. The average molecular weight is 374 g/mol. The molecule has 0 aromatic rings. The van der Waals surface area contributed by atoms with Crippen molar-refractivity contribution in [3.63, 3.8) is 0 Å². The van der Waals surface area contributed by atoms with E-state index in [4.69, 9.17) is 18.9 Å². The Hall–Kier alpha value is -1.38. The van der Waals surface area contributed by atoms with Gasteiger partial charge < -0.3 is 29.2 Å². The summed E-state index contributed by atoms with van der Waals surface area (Å²) in [7, 11) is 0. The van der Waals surface area contributed by atoms with Crippen LogP contribution in [0.25, 0.3) is 0 Å². The molecule has 8 heteroatoms. The molecule has 1 heterocycles. The molecule has 1 aliphatic rings. The molecule has 1 fully saturated rings. The van der Waals surface area contributed by atoms with Gasteiger partial charge in [0.2, 0.25) is 0 Å². The van der Waals surface area contributed by atoms with Gasteiger partial charge in [-0.05, 0) is 40.5 Å². The van der Waals surface area contributed by atoms with E-state index >= 15 is 0 Å². The molecule has 1 saturated heterocycles. The summed E-state index contributed by atoms with van der Waals surface area (Å²) in [5.74, 6) is -0.352. The number of amides is 1. The molecule has 0 aliphatic carbocycles. The monoisotopic (exact) mass is 374 g/mol. The maximum atomic E-state index is 11.8. The molecule has 26 heavy (non-hydrogen) atoms. The van der Waals surface area contributed by atoms with E-state index in [1.165, 1.54) is 0 Å². The first-order valence-corrected chi connectivity index (χ1v) is 9.33. The third kappa shape index (κ3) is 11.3. The van der Waals surface area contributed by atoms with Crippen molar-refractivity contribution in [3.8, 4) is 0 Å². The Morgan fingerprint density at radius 2 is 1.73 bits per heavy atom. The molecule has 1 rings (SSSR count). The number of nitrogens with one attached hydrogen (secondary N) is 1. The summed E-state index contributed by atoms with van der Waals surface area (Å²) in [6.07, 6.45) is 1.46. The molecule has 1 aliphatic heterocycles. The Kier molecular flexibility index (Phi) is 10.5. The molecule has 1 amide bonds. The number of hydrogen-bond acceptors (Lipinski definition) is 7. The first kappa shape index (κ1) is 22.7. The zero-order chi connectivity index (χ0) is 19.4. The second-order valence-electron chi connectivity index (χ2n) is 7.23. The highest BCUT2D eigenvalue weighted by Gasteiger charge is 2.23. The van der Waals surface area contributed by atoms with Crippen molar-refractivity contribution in [2.45, 2.75) is 52.2 Å². The summed E-state index contributed by atoms with van der Waals surface area (Å²) in [4.78, 5) is 25.2. The van der Waals surface area contributed by atoms with Crippen molar-refractivity contribution in [1.29, 1.82) is 0 Å². The lowest BCUT2D eigenvalue weighted by Crippen LogP contribution is -2.46. The van der Waals surface area contributed by atoms with Gasteiger partial charge in [-0.25, -0.2) is 9.59 Å². The largest absolute Gasteiger partial charge is 0.464 e. The lowest BCUT2D eigenvalue weighted by molar-refractivity contribution is -0.148. The number of hydrogen-bond donors (Lipinski definition) is 1. The van der Waals surface area contributed by atoms with Gasteiger partial charge in [0, 0.05) is 25.7 Å². The smallest absolute Gasteiger partial charge is 0.407 e. The van der Waals surface area contributed by atoms with Crippen LogP contribution in [0.3, 0.4) is 0 Å². The van der Waals surface area contributed by atoms with Gasteiger partial charge in [0.15, 0.2) is 0 Å². The number of likely N-dealkylation sites (tertiary alicyclic amines) is 1. The minimum atomic E-state index is -0.470. The number of ether oxygens (including phenoxy) is 4. The Morgan fingerprint density at radius 3 is 2.35 bits per heavy atom. The summed E-state index contributed by atoms with van der Waals surface area (Å²) >= 11 is 0. The summed E-state index contributed by atoms with van der Waals surface area (Å²) in [6, 6.07) is 0.165. The molecule has 0 bridgehead atoms. The molecular formula is C18H34N2O6. The van der Waals surface area contributed by atoms with E-state index in [2.05, 4.69) is 10.2 Å². The van der Waals surface area contributed by atoms with Crippen LogP contribution in [0.1, 0.15) is 40.5 Å². The molecule has 0 unspecified atom stereocenters. The Balaban J connectivity index is 2.00. The Bertz CT molecular complexity index is 416. The number of rotatable bonds is 10. The molecule has 0 aromatic heterocycles. The minimum absolute atomic E-state index is 0.0324. The summed E-state index contributed by atoms with van der Waals surface area (Å²) in [6.45, 7) is 11.8. The number of carbonyl (C=O) groups excluding carboxylic acids is 2. The molecule has 0 aromatic carbocycles. The molecule has 8 nitrogen and oxygen atoms in total. The zero-order valence-corrected chi connectivity index (χ0v) is 16.5. The number of piperidine rings is 1. The first-order chi connectivity index (χ1) is 12.3. The first-order valence-electron chi connectivity index (χ1n) is 9.33. The maximum absolute atomic E-state index is 11.8. The lowest BCUT2D eigenvalue weighted by atomic mass is 10.1. The van der Waals surface area contributed by atoms with E-state index in [0.29, 0.717) is 26.4 Å². The quantitative estimate of drug-likeness (QED) is 0.459. The number of nitrogens with zero attached hydrogens (tertiary/aromatic N) is 1. The second-order valence-corrected chi connectivity index (χ2v) is 7.23. The molecule has 152 valence electrons. The zero-order valence-electron chi connectivity index (χ0n) is 16.5. The molecule has 0 atom stereocenters. The molecule has 0 radical (unpaired) electrons. The maximum Gasteiger partial charge on any atom is 0.407 e. The van der Waals surface area contributed by atoms with E-state index in [-0.39, 0.29) is 24.7 Å². The Labute approximate surface area is 156 Å². The fourth-order valence-electron chi connectivity index (χ4n) is 2.55. The van der Waals surface area contributed by atoms with Crippen LogP contribution in [-0.4, -0.2) is 81.3 Å². The van der Waals surface area contributed by atoms with Gasteiger partial charge in [-0.3, -0.25) is 0 Å². The van der Waals surface area contributed by atoms with Gasteiger partial charge in [0.1, 0.15) is 12.2 Å². The lowest BCUT2D eigenvalue weighted by Gasteiger charge is -2.32. The standard InChI is InChI=1S/C18H34N2O6/c1-5-25-16(21)14-24-13-12-23-11-10-20-8-6-15(7-9-20)19-17(22)26-18(2,3)4/h15H,5-14H2,1-4H3,(H,19,22). The van der Waals surface area contributed by atoms with Gasteiger partial charge in [0.25, 0.3) is 0 Å². The summed E-state index contributed by atoms with van der Waals surface area (Å²) < 4.78 is 20.7. The molecule has 0 saturated carbocycles. The third-order valence-electron chi connectivity index (χ3n) is 3.76. The van der Waals surface area contributed by atoms with Crippen molar-refractivity contribution in [2.24, 2.45) is 0 Å². The van der Waals surface area contributed by atoms with Crippen LogP contribution >= 0.6 is 0 Å². The minimum Gasteiger partial charge on any atom is -0.464 e. The fourth-order valence-corrected chi connectivity index (χ4v) is 2.55. The molecule has 1 N–H and O–H groups in total. The van der Waals surface area contributed by atoms with E-state index in [0.717, 1.165) is 32.5 Å². The van der Waals surface area contributed by atoms with Gasteiger partial charge in [0.05, 0.1) is 26.4 Å². The normalized spacial score (nSPS) is 16.3. The highest BCUT2D eigenvalue weighted by molar-refractivity contribution is 5.70. The van der Waals surface area contributed by atoms with Crippen molar-refractivity contribution >= 4 is 12.1 Å².